The highest BCUT2D eigenvalue weighted by atomic mass is 35.5. The zero-order valence-corrected chi connectivity index (χ0v) is 11.1. The van der Waals surface area contributed by atoms with Crippen LogP contribution in [-0.4, -0.2) is 19.7 Å². The van der Waals surface area contributed by atoms with Crippen LogP contribution in [0.5, 0.6) is 5.75 Å². The Morgan fingerprint density at radius 2 is 2.18 bits per heavy atom. The topological polar surface area (TPSA) is 47.3 Å². The molecule has 0 unspecified atom stereocenters. The van der Waals surface area contributed by atoms with E-state index in [1.807, 2.05) is 19.1 Å². The van der Waals surface area contributed by atoms with Crippen LogP contribution in [0.3, 0.4) is 0 Å². The minimum atomic E-state index is 0.405. The quantitative estimate of drug-likeness (QED) is 0.869. The van der Waals surface area contributed by atoms with Crippen molar-refractivity contribution in [2.24, 2.45) is 11.7 Å². The molecular formula is C13H19ClN2O. The Morgan fingerprint density at radius 1 is 1.47 bits per heavy atom. The van der Waals surface area contributed by atoms with Crippen molar-refractivity contribution in [3.8, 4) is 5.75 Å². The van der Waals surface area contributed by atoms with E-state index in [9.17, 15) is 0 Å². The fourth-order valence-electron chi connectivity index (χ4n) is 2.21. The molecule has 0 bridgehead atoms. The number of nitrogens with two attached hydrogens (primary N) is 1. The first-order valence-corrected chi connectivity index (χ1v) is 6.31. The number of nitrogens with one attached hydrogen (secondary N) is 1. The molecule has 17 heavy (non-hydrogen) atoms. The number of aryl methyl sites for hydroxylation is 1. The first-order chi connectivity index (χ1) is 8.10. The molecule has 3 nitrogen and oxygen atoms in total. The SMILES string of the molecule is COc1cc(C)c(NCC2CC(N)C2)cc1Cl. The number of hydrogen-bond acceptors (Lipinski definition) is 3. The van der Waals surface area contributed by atoms with Gasteiger partial charge in [-0.1, -0.05) is 11.6 Å². The van der Waals surface area contributed by atoms with Gasteiger partial charge in [-0.25, -0.2) is 0 Å². The van der Waals surface area contributed by atoms with Gasteiger partial charge < -0.3 is 15.8 Å². The molecule has 4 heteroatoms. The lowest BCUT2D eigenvalue weighted by Gasteiger charge is -2.32. The summed E-state index contributed by atoms with van der Waals surface area (Å²) >= 11 is 6.10. The van der Waals surface area contributed by atoms with Gasteiger partial charge in [-0.3, -0.25) is 0 Å². The number of anilines is 1. The maximum absolute atomic E-state index is 6.10. The van der Waals surface area contributed by atoms with Gasteiger partial charge in [-0.05, 0) is 43.4 Å². The average Bonchev–Trinajstić information content (AvgIpc) is 2.26. The van der Waals surface area contributed by atoms with E-state index in [0.717, 1.165) is 36.4 Å². The monoisotopic (exact) mass is 254 g/mol. The molecule has 1 aliphatic rings. The van der Waals surface area contributed by atoms with Gasteiger partial charge in [0.25, 0.3) is 0 Å². The largest absolute Gasteiger partial charge is 0.495 e. The Labute approximate surface area is 107 Å². The average molecular weight is 255 g/mol. The molecule has 0 amide bonds. The molecule has 94 valence electrons. The molecule has 0 atom stereocenters. The zero-order chi connectivity index (χ0) is 12.4. The van der Waals surface area contributed by atoms with Crippen LogP contribution in [0.2, 0.25) is 5.02 Å². The van der Waals surface area contributed by atoms with Crippen LogP contribution in [0.25, 0.3) is 0 Å². The van der Waals surface area contributed by atoms with Gasteiger partial charge in [-0.15, -0.1) is 0 Å². The van der Waals surface area contributed by atoms with E-state index in [4.69, 9.17) is 22.1 Å². The van der Waals surface area contributed by atoms with Crippen LogP contribution >= 0.6 is 11.6 Å². The molecule has 0 aromatic heterocycles. The third-order valence-electron chi connectivity index (χ3n) is 3.35. The highest BCUT2D eigenvalue weighted by molar-refractivity contribution is 6.32. The van der Waals surface area contributed by atoms with Gasteiger partial charge in [0, 0.05) is 18.3 Å². The molecule has 1 fully saturated rings. The highest BCUT2D eigenvalue weighted by Gasteiger charge is 2.25. The molecule has 0 spiro atoms. The minimum Gasteiger partial charge on any atom is -0.495 e. The molecule has 1 saturated carbocycles. The molecule has 1 aromatic carbocycles. The van der Waals surface area contributed by atoms with E-state index in [-0.39, 0.29) is 0 Å². The van der Waals surface area contributed by atoms with Crippen molar-refractivity contribution in [2.45, 2.75) is 25.8 Å². The van der Waals surface area contributed by atoms with Crippen LogP contribution in [0.4, 0.5) is 5.69 Å². The lowest BCUT2D eigenvalue weighted by Crippen LogP contribution is -2.39. The molecule has 3 N–H and O–H groups in total. The lowest BCUT2D eigenvalue weighted by atomic mass is 9.81. The third-order valence-corrected chi connectivity index (χ3v) is 3.65. The smallest absolute Gasteiger partial charge is 0.137 e. The predicted octanol–water partition coefficient (Wildman–Crippen LogP) is 2.81. The van der Waals surface area contributed by atoms with E-state index >= 15 is 0 Å². The summed E-state index contributed by atoms with van der Waals surface area (Å²) in [6.07, 6.45) is 2.24. The van der Waals surface area contributed by atoms with Crippen molar-refractivity contribution in [3.05, 3.63) is 22.7 Å². The molecule has 2 rings (SSSR count). The molecule has 0 radical (unpaired) electrons. The Morgan fingerprint density at radius 3 is 2.76 bits per heavy atom. The summed E-state index contributed by atoms with van der Waals surface area (Å²) in [5.41, 5.74) is 7.99. The van der Waals surface area contributed by atoms with Crippen molar-refractivity contribution in [1.29, 1.82) is 0 Å². The first kappa shape index (κ1) is 12.5. The summed E-state index contributed by atoms with van der Waals surface area (Å²) < 4.78 is 5.18. The number of halogens is 1. The van der Waals surface area contributed by atoms with Gasteiger partial charge in [0.15, 0.2) is 0 Å². The molecule has 1 aromatic rings. The molecular weight excluding hydrogens is 236 g/mol. The second-order valence-corrected chi connectivity index (χ2v) is 5.19. The summed E-state index contributed by atoms with van der Waals surface area (Å²) in [7, 11) is 1.63. The van der Waals surface area contributed by atoms with E-state index in [0.29, 0.717) is 17.0 Å². The standard InChI is InChI=1S/C13H19ClN2O/c1-8-3-13(17-2)11(14)6-12(8)16-7-9-4-10(15)5-9/h3,6,9-10,16H,4-5,7,15H2,1-2H3. The summed E-state index contributed by atoms with van der Waals surface area (Å²) in [5, 5.41) is 4.08. The van der Waals surface area contributed by atoms with Gasteiger partial charge in [0.05, 0.1) is 12.1 Å². The van der Waals surface area contributed by atoms with Gasteiger partial charge in [-0.2, -0.15) is 0 Å². The summed E-state index contributed by atoms with van der Waals surface area (Å²) in [4.78, 5) is 0. The summed E-state index contributed by atoms with van der Waals surface area (Å²) in [6, 6.07) is 4.29. The van der Waals surface area contributed by atoms with Crippen LogP contribution in [-0.2, 0) is 0 Å². The summed E-state index contributed by atoms with van der Waals surface area (Å²) in [5.74, 6) is 1.42. The number of benzene rings is 1. The Kier molecular flexibility index (Phi) is 3.79. The summed E-state index contributed by atoms with van der Waals surface area (Å²) in [6.45, 7) is 3.02. The number of hydrogen-bond donors (Lipinski definition) is 2. The predicted molar refractivity (Wildman–Crippen MR) is 71.9 cm³/mol. The van der Waals surface area contributed by atoms with Crippen molar-refractivity contribution >= 4 is 17.3 Å². The second-order valence-electron chi connectivity index (χ2n) is 4.78. The Balaban J connectivity index is 1.98. The van der Waals surface area contributed by atoms with Gasteiger partial charge in [0.1, 0.15) is 5.75 Å². The fourth-order valence-corrected chi connectivity index (χ4v) is 2.45. The van der Waals surface area contributed by atoms with Crippen molar-refractivity contribution in [3.63, 3.8) is 0 Å². The normalized spacial score (nSPS) is 23.1. The van der Waals surface area contributed by atoms with Crippen LogP contribution in [0.15, 0.2) is 12.1 Å². The van der Waals surface area contributed by atoms with Crippen molar-refractivity contribution < 1.29 is 4.74 Å². The fraction of sp³-hybridized carbons (Fsp3) is 0.538. The second kappa shape index (κ2) is 5.15. The van der Waals surface area contributed by atoms with E-state index in [1.54, 1.807) is 7.11 Å². The number of rotatable bonds is 4. The van der Waals surface area contributed by atoms with E-state index < -0.39 is 0 Å². The van der Waals surface area contributed by atoms with Crippen LogP contribution in [0.1, 0.15) is 18.4 Å². The van der Waals surface area contributed by atoms with E-state index in [2.05, 4.69) is 5.32 Å². The first-order valence-electron chi connectivity index (χ1n) is 5.93. The number of methoxy groups -OCH3 is 1. The Bertz CT molecular complexity index is 403. The lowest BCUT2D eigenvalue weighted by molar-refractivity contribution is 0.280. The Hall–Kier alpha value is -0.930. The minimum absolute atomic E-state index is 0.405. The van der Waals surface area contributed by atoms with Crippen molar-refractivity contribution in [2.75, 3.05) is 19.0 Å². The van der Waals surface area contributed by atoms with Gasteiger partial charge in [0.2, 0.25) is 0 Å². The van der Waals surface area contributed by atoms with E-state index in [1.165, 1.54) is 0 Å². The third kappa shape index (κ3) is 2.85. The van der Waals surface area contributed by atoms with Crippen LogP contribution in [0, 0.1) is 12.8 Å². The molecule has 0 aliphatic heterocycles. The maximum Gasteiger partial charge on any atom is 0.137 e. The van der Waals surface area contributed by atoms with Gasteiger partial charge >= 0.3 is 0 Å². The number of ether oxygens (including phenoxy) is 1. The molecule has 0 saturated heterocycles. The van der Waals surface area contributed by atoms with Crippen LogP contribution < -0.4 is 15.8 Å². The molecule has 1 aliphatic carbocycles. The molecule has 0 heterocycles. The zero-order valence-electron chi connectivity index (χ0n) is 10.3. The van der Waals surface area contributed by atoms with Crippen molar-refractivity contribution in [1.82, 2.24) is 0 Å². The highest BCUT2D eigenvalue weighted by Crippen LogP contribution is 2.32. The maximum atomic E-state index is 6.10.